The standard InChI is InChI=1S/C15H22ClN3O/c16-13-2-1-3-15(10-13)20-9-8-18-11-14(12-18)19-6-4-17-5-7-19/h1-3,10,14,17H,4-9,11-12H2. The van der Waals surface area contributed by atoms with Crippen LogP contribution in [-0.2, 0) is 0 Å². The fraction of sp³-hybridized carbons (Fsp3) is 0.600. The van der Waals surface area contributed by atoms with E-state index in [1.165, 1.54) is 26.2 Å². The lowest BCUT2D eigenvalue weighted by Crippen LogP contribution is -2.63. The number of hydrogen-bond acceptors (Lipinski definition) is 4. The van der Waals surface area contributed by atoms with Crippen molar-refractivity contribution in [1.29, 1.82) is 0 Å². The normalized spacial score (nSPS) is 21.6. The minimum Gasteiger partial charge on any atom is -0.492 e. The molecule has 20 heavy (non-hydrogen) atoms. The maximum Gasteiger partial charge on any atom is 0.120 e. The lowest BCUT2D eigenvalue weighted by atomic mass is 10.1. The van der Waals surface area contributed by atoms with Gasteiger partial charge >= 0.3 is 0 Å². The van der Waals surface area contributed by atoms with Crippen molar-refractivity contribution in [3.63, 3.8) is 0 Å². The highest BCUT2D eigenvalue weighted by atomic mass is 35.5. The van der Waals surface area contributed by atoms with Crippen molar-refractivity contribution in [3.05, 3.63) is 29.3 Å². The molecule has 2 heterocycles. The molecular weight excluding hydrogens is 274 g/mol. The predicted molar refractivity (Wildman–Crippen MR) is 81.6 cm³/mol. The number of hydrogen-bond donors (Lipinski definition) is 1. The maximum atomic E-state index is 5.93. The number of rotatable bonds is 5. The first-order chi connectivity index (χ1) is 9.81. The topological polar surface area (TPSA) is 27.7 Å². The Balaban J connectivity index is 1.33. The van der Waals surface area contributed by atoms with Crippen molar-refractivity contribution in [3.8, 4) is 5.75 Å². The number of benzene rings is 1. The summed E-state index contributed by atoms with van der Waals surface area (Å²) in [6.07, 6.45) is 0. The number of likely N-dealkylation sites (tertiary alicyclic amines) is 1. The van der Waals surface area contributed by atoms with Crippen LogP contribution in [0.25, 0.3) is 0 Å². The lowest BCUT2D eigenvalue weighted by Gasteiger charge is -2.46. The molecule has 5 heteroatoms. The first-order valence-electron chi connectivity index (χ1n) is 7.37. The van der Waals surface area contributed by atoms with Gasteiger partial charge in [0.15, 0.2) is 0 Å². The second-order valence-electron chi connectivity index (χ2n) is 5.51. The van der Waals surface area contributed by atoms with Crippen molar-refractivity contribution in [2.75, 3.05) is 52.4 Å². The van der Waals surface area contributed by atoms with Crippen LogP contribution in [0.3, 0.4) is 0 Å². The Morgan fingerprint density at radius 2 is 2.05 bits per heavy atom. The highest BCUT2D eigenvalue weighted by Gasteiger charge is 2.31. The van der Waals surface area contributed by atoms with E-state index < -0.39 is 0 Å². The van der Waals surface area contributed by atoms with Crippen molar-refractivity contribution < 1.29 is 4.74 Å². The third-order valence-corrected chi connectivity index (χ3v) is 4.31. The highest BCUT2D eigenvalue weighted by molar-refractivity contribution is 6.30. The molecule has 0 unspecified atom stereocenters. The second kappa shape index (κ2) is 6.76. The van der Waals surface area contributed by atoms with Crippen LogP contribution < -0.4 is 10.1 Å². The Bertz CT molecular complexity index is 431. The molecule has 2 saturated heterocycles. The van der Waals surface area contributed by atoms with Crippen molar-refractivity contribution in [2.24, 2.45) is 0 Å². The summed E-state index contributed by atoms with van der Waals surface area (Å²) in [5, 5.41) is 4.13. The molecule has 0 saturated carbocycles. The van der Waals surface area contributed by atoms with E-state index in [0.717, 1.165) is 43.1 Å². The fourth-order valence-electron chi connectivity index (χ4n) is 2.85. The highest BCUT2D eigenvalue weighted by Crippen LogP contribution is 2.18. The van der Waals surface area contributed by atoms with E-state index in [1.807, 2.05) is 24.3 Å². The van der Waals surface area contributed by atoms with Gasteiger partial charge in [-0.1, -0.05) is 17.7 Å². The maximum absolute atomic E-state index is 5.93. The average Bonchev–Trinajstić information content (AvgIpc) is 2.42. The molecule has 3 rings (SSSR count). The van der Waals surface area contributed by atoms with Crippen LogP contribution in [-0.4, -0.2) is 68.3 Å². The van der Waals surface area contributed by atoms with Gasteiger partial charge in [-0.05, 0) is 18.2 Å². The Kier molecular flexibility index (Phi) is 4.78. The summed E-state index contributed by atoms with van der Waals surface area (Å²) in [6, 6.07) is 8.35. The summed E-state index contributed by atoms with van der Waals surface area (Å²) in [7, 11) is 0. The van der Waals surface area contributed by atoms with Gasteiger partial charge in [0, 0.05) is 56.9 Å². The predicted octanol–water partition coefficient (Wildman–Crippen LogP) is 1.31. The van der Waals surface area contributed by atoms with E-state index in [2.05, 4.69) is 15.1 Å². The van der Waals surface area contributed by atoms with Crippen LogP contribution >= 0.6 is 11.6 Å². The first-order valence-corrected chi connectivity index (χ1v) is 7.74. The average molecular weight is 296 g/mol. The molecule has 0 atom stereocenters. The van der Waals surface area contributed by atoms with Crippen LogP contribution in [0.2, 0.25) is 5.02 Å². The van der Waals surface area contributed by atoms with Gasteiger partial charge in [-0.25, -0.2) is 0 Å². The first kappa shape index (κ1) is 14.1. The number of piperazine rings is 1. The number of nitrogens with zero attached hydrogens (tertiary/aromatic N) is 2. The minimum absolute atomic E-state index is 0.727. The van der Waals surface area contributed by atoms with Crippen LogP contribution in [0.4, 0.5) is 0 Å². The monoisotopic (exact) mass is 295 g/mol. The molecule has 2 aliphatic heterocycles. The molecule has 0 amide bonds. The Labute approximate surface area is 125 Å². The molecular formula is C15H22ClN3O. The van der Waals surface area contributed by atoms with E-state index in [0.29, 0.717) is 0 Å². The third-order valence-electron chi connectivity index (χ3n) is 4.08. The van der Waals surface area contributed by atoms with E-state index in [4.69, 9.17) is 16.3 Å². The molecule has 1 aromatic rings. The van der Waals surface area contributed by atoms with Gasteiger partial charge in [0.05, 0.1) is 0 Å². The molecule has 0 spiro atoms. The van der Waals surface area contributed by atoms with Gasteiger partial charge in [-0.15, -0.1) is 0 Å². The zero-order valence-electron chi connectivity index (χ0n) is 11.7. The Hall–Kier alpha value is -0.810. The van der Waals surface area contributed by atoms with E-state index in [9.17, 15) is 0 Å². The summed E-state index contributed by atoms with van der Waals surface area (Å²) in [6.45, 7) is 8.74. The van der Waals surface area contributed by atoms with Gasteiger partial charge in [-0.2, -0.15) is 0 Å². The minimum atomic E-state index is 0.727. The molecule has 2 fully saturated rings. The summed E-state index contributed by atoms with van der Waals surface area (Å²) < 4.78 is 5.72. The smallest absolute Gasteiger partial charge is 0.120 e. The quantitative estimate of drug-likeness (QED) is 0.886. The molecule has 4 nitrogen and oxygen atoms in total. The Morgan fingerprint density at radius 3 is 2.80 bits per heavy atom. The van der Waals surface area contributed by atoms with Gasteiger partial charge in [-0.3, -0.25) is 9.80 Å². The van der Waals surface area contributed by atoms with Gasteiger partial charge in [0.1, 0.15) is 12.4 Å². The number of halogens is 1. The summed E-state index contributed by atoms with van der Waals surface area (Å²) in [5.74, 6) is 0.858. The third kappa shape index (κ3) is 3.64. The molecule has 0 bridgehead atoms. The van der Waals surface area contributed by atoms with E-state index >= 15 is 0 Å². The van der Waals surface area contributed by atoms with Crippen molar-refractivity contribution in [1.82, 2.24) is 15.1 Å². The molecule has 110 valence electrons. The lowest BCUT2D eigenvalue weighted by molar-refractivity contribution is 0.0202. The van der Waals surface area contributed by atoms with Gasteiger partial charge in [0.25, 0.3) is 0 Å². The van der Waals surface area contributed by atoms with Gasteiger partial charge < -0.3 is 10.1 Å². The molecule has 2 aliphatic rings. The second-order valence-corrected chi connectivity index (χ2v) is 5.94. The van der Waals surface area contributed by atoms with Gasteiger partial charge in [0.2, 0.25) is 0 Å². The van der Waals surface area contributed by atoms with Crippen LogP contribution in [0, 0.1) is 0 Å². The zero-order chi connectivity index (χ0) is 13.8. The summed E-state index contributed by atoms with van der Waals surface area (Å²) >= 11 is 5.93. The largest absolute Gasteiger partial charge is 0.492 e. The van der Waals surface area contributed by atoms with Crippen molar-refractivity contribution >= 4 is 11.6 Å². The van der Waals surface area contributed by atoms with Crippen LogP contribution in [0.15, 0.2) is 24.3 Å². The van der Waals surface area contributed by atoms with Crippen molar-refractivity contribution in [2.45, 2.75) is 6.04 Å². The molecule has 0 aliphatic carbocycles. The Morgan fingerprint density at radius 1 is 1.25 bits per heavy atom. The summed E-state index contributed by atoms with van der Waals surface area (Å²) in [4.78, 5) is 5.06. The fourth-order valence-corrected chi connectivity index (χ4v) is 3.03. The number of nitrogens with one attached hydrogen (secondary N) is 1. The zero-order valence-corrected chi connectivity index (χ0v) is 12.5. The van der Waals surface area contributed by atoms with Crippen LogP contribution in [0.5, 0.6) is 5.75 Å². The molecule has 0 aromatic heterocycles. The van der Waals surface area contributed by atoms with Crippen LogP contribution in [0.1, 0.15) is 0 Å². The summed E-state index contributed by atoms with van der Waals surface area (Å²) in [5.41, 5.74) is 0. The molecule has 1 aromatic carbocycles. The van der Waals surface area contributed by atoms with E-state index in [-0.39, 0.29) is 0 Å². The van der Waals surface area contributed by atoms with E-state index in [1.54, 1.807) is 0 Å². The SMILES string of the molecule is Clc1cccc(OCCN2CC(N3CCNCC3)C2)c1. The molecule has 1 N–H and O–H groups in total. The molecule has 0 radical (unpaired) electrons. The number of ether oxygens (including phenoxy) is 1.